The predicted octanol–water partition coefficient (Wildman–Crippen LogP) is 2.71. The Bertz CT molecular complexity index is 556. The number of ether oxygens (including phenoxy) is 2. The summed E-state index contributed by atoms with van der Waals surface area (Å²) in [5.74, 6) is 2.31. The molecule has 24 heavy (non-hydrogen) atoms. The highest BCUT2D eigenvalue weighted by atomic mass is 16.5. The summed E-state index contributed by atoms with van der Waals surface area (Å²) < 4.78 is 11.6. The van der Waals surface area contributed by atoms with Crippen molar-refractivity contribution in [1.82, 2.24) is 10.6 Å². The predicted molar refractivity (Wildman–Crippen MR) is 96.4 cm³/mol. The van der Waals surface area contributed by atoms with Crippen molar-refractivity contribution in [3.63, 3.8) is 0 Å². The van der Waals surface area contributed by atoms with Gasteiger partial charge in [0.25, 0.3) is 0 Å². The van der Waals surface area contributed by atoms with Crippen LogP contribution < -0.4 is 15.4 Å². The Kier molecular flexibility index (Phi) is 5.61. The standard InChI is InChI=1S/C19H29N3O2/c1-13(2)12-23-15-6-4-14(5-7-15)11-21-19(20-3)22-17-10-16-8-9-18(17)24-16/h4-7,13,16-18H,8-12H2,1-3H3,(H2,20,21,22). The van der Waals surface area contributed by atoms with E-state index in [4.69, 9.17) is 9.47 Å². The minimum absolute atomic E-state index is 0.353. The van der Waals surface area contributed by atoms with Crippen molar-refractivity contribution >= 4 is 5.96 Å². The number of aliphatic imine (C=N–C) groups is 1. The van der Waals surface area contributed by atoms with Gasteiger partial charge in [-0.1, -0.05) is 26.0 Å². The largest absolute Gasteiger partial charge is 0.493 e. The normalized spacial score (nSPS) is 26.0. The van der Waals surface area contributed by atoms with E-state index in [1.54, 1.807) is 0 Å². The van der Waals surface area contributed by atoms with Gasteiger partial charge in [0.1, 0.15) is 5.75 Å². The molecule has 0 saturated carbocycles. The lowest BCUT2D eigenvalue weighted by molar-refractivity contribution is 0.0992. The maximum absolute atomic E-state index is 5.89. The van der Waals surface area contributed by atoms with Gasteiger partial charge >= 0.3 is 0 Å². The quantitative estimate of drug-likeness (QED) is 0.622. The molecule has 2 bridgehead atoms. The van der Waals surface area contributed by atoms with Crippen molar-refractivity contribution in [3.05, 3.63) is 29.8 Å². The van der Waals surface area contributed by atoms with Crippen LogP contribution in [-0.2, 0) is 11.3 Å². The number of hydrogen-bond acceptors (Lipinski definition) is 3. The molecule has 0 aromatic heterocycles. The number of hydrogen-bond donors (Lipinski definition) is 2. The van der Waals surface area contributed by atoms with E-state index in [-0.39, 0.29) is 0 Å². The first kappa shape index (κ1) is 17.1. The van der Waals surface area contributed by atoms with E-state index in [9.17, 15) is 0 Å². The molecular formula is C19H29N3O2. The number of rotatable bonds is 6. The van der Waals surface area contributed by atoms with Crippen LogP contribution in [0.15, 0.2) is 29.3 Å². The fourth-order valence-corrected chi connectivity index (χ4v) is 3.31. The molecule has 3 atom stereocenters. The molecule has 2 aliphatic heterocycles. The van der Waals surface area contributed by atoms with Gasteiger partial charge in [-0.15, -0.1) is 0 Å². The molecule has 2 aliphatic rings. The summed E-state index contributed by atoms with van der Waals surface area (Å²) in [6.07, 6.45) is 4.26. The molecule has 132 valence electrons. The zero-order valence-electron chi connectivity index (χ0n) is 14.9. The van der Waals surface area contributed by atoms with Crippen LogP contribution in [0.4, 0.5) is 0 Å². The van der Waals surface area contributed by atoms with Crippen molar-refractivity contribution < 1.29 is 9.47 Å². The van der Waals surface area contributed by atoms with E-state index in [0.29, 0.717) is 24.2 Å². The fraction of sp³-hybridized carbons (Fsp3) is 0.632. The van der Waals surface area contributed by atoms with Crippen molar-refractivity contribution in [3.8, 4) is 5.75 Å². The van der Waals surface area contributed by atoms with Gasteiger partial charge in [-0.25, -0.2) is 0 Å². The summed E-state index contributed by atoms with van der Waals surface area (Å²) in [6.45, 7) is 5.79. The number of guanidine groups is 1. The molecule has 1 aromatic carbocycles. The molecule has 5 heteroatoms. The minimum atomic E-state index is 0.353. The molecule has 1 aromatic rings. The van der Waals surface area contributed by atoms with Crippen LogP contribution in [0.1, 0.15) is 38.7 Å². The maximum atomic E-state index is 5.89. The lowest BCUT2D eigenvalue weighted by atomic mass is 9.96. The molecule has 2 saturated heterocycles. The summed E-state index contributed by atoms with van der Waals surface area (Å²) in [5.41, 5.74) is 1.21. The van der Waals surface area contributed by atoms with Crippen LogP contribution in [0, 0.1) is 5.92 Å². The first-order chi connectivity index (χ1) is 11.6. The Morgan fingerprint density at radius 1 is 1.29 bits per heavy atom. The highest BCUT2D eigenvalue weighted by Gasteiger charge is 2.41. The third-order valence-corrected chi connectivity index (χ3v) is 4.62. The van der Waals surface area contributed by atoms with Gasteiger partial charge < -0.3 is 20.1 Å². The van der Waals surface area contributed by atoms with E-state index in [0.717, 1.165) is 37.7 Å². The Hall–Kier alpha value is -1.75. The SMILES string of the molecule is CN=C(NCc1ccc(OCC(C)C)cc1)NC1CC2CCC1O2. The van der Waals surface area contributed by atoms with Gasteiger partial charge in [0.05, 0.1) is 24.9 Å². The van der Waals surface area contributed by atoms with Crippen molar-refractivity contribution in [1.29, 1.82) is 0 Å². The van der Waals surface area contributed by atoms with Crippen LogP contribution >= 0.6 is 0 Å². The summed E-state index contributed by atoms with van der Waals surface area (Å²) >= 11 is 0. The molecule has 2 fully saturated rings. The zero-order valence-corrected chi connectivity index (χ0v) is 14.9. The molecule has 0 aliphatic carbocycles. The smallest absolute Gasteiger partial charge is 0.191 e. The van der Waals surface area contributed by atoms with E-state index in [2.05, 4.69) is 41.6 Å². The van der Waals surface area contributed by atoms with Crippen molar-refractivity contribution in [2.24, 2.45) is 10.9 Å². The summed E-state index contributed by atoms with van der Waals surface area (Å²) in [7, 11) is 1.81. The van der Waals surface area contributed by atoms with Gasteiger partial charge in [0, 0.05) is 13.6 Å². The van der Waals surface area contributed by atoms with Gasteiger partial charge in [0.2, 0.25) is 0 Å². The lowest BCUT2D eigenvalue weighted by Gasteiger charge is -2.22. The number of nitrogens with one attached hydrogen (secondary N) is 2. The molecule has 3 unspecified atom stereocenters. The van der Waals surface area contributed by atoms with Crippen LogP contribution in [0.5, 0.6) is 5.75 Å². The first-order valence-electron chi connectivity index (χ1n) is 8.98. The van der Waals surface area contributed by atoms with Gasteiger partial charge in [-0.05, 0) is 42.9 Å². The molecule has 2 N–H and O–H groups in total. The Labute approximate surface area is 144 Å². The Morgan fingerprint density at radius 3 is 2.67 bits per heavy atom. The summed E-state index contributed by atoms with van der Waals surface area (Å²) in [6, 6.07) is 8.63. The van der Waals surface area contributed by atoms with E-state index in [1.807, 2.05) is 19.2 Å². The highest BCUT2D eigenvalue weighted by Crippen LogP contribution is 2.34. The monoisotopic (exact) mass is 331 g/mol. The molecular weight excluding hydrogens is 302 g/mol. The minimum Gasteiger partial charge on any atom is -0.493 e. The zero-order chi connectivity index (χ0) is 16.9. The van der Waals surface area contributed by atoms with Crippen LogP contribution in [0.2, 0.25) is 0 Å². The second kappa shape index (κ2) is 7.88. The second-order valence-electron chi connectivity index (χ2n) is 7.13. The third-order valence-electron chi connectivity index (χ3n) is 4.62. The van der Waals surface area contributed by atoms with Gasteiger partial charge in [-0.2, -0.15) is 0 Å². The maximum Gasteiger partial charge on any atom is 0.191 e. The van der Waals surface area contributed by atoms with Gasteiger partial charge in [0.15, 0.2) is 5.96 Å². The Balaban J connectivity index is 1.45. The average molecular weight is 331 g/mol. The first-order valence-corrected chi connectivity index (χ1v) is 8.98. The number of nitrogens with zero attached hydrogens (tertiary/aromatic N) is 1. The number of fused-ring (bicyclic) bond motifs is 2. The highest BCUT2D eigenvalue weighted by molar-refractivity contribution is 5.80. The average Bonchev–Trinajstić information content (AvgIpc) is 3.20. The van der Waals surface area contributed by atoms with Crippen LogP contribution in [-0.4, -0.2) is 37.9 Å². The number of benzene rings is 1. The van der Waals surface area contributed by atoms with Gasteiger partial charge in [-0.3, -0.25) is 4.99 Å². The van der Waals surface area contributed by atoms with Crippen molar-refractivity contribution in [2.45, 2.75) is 57.9 Å². The van der Waals surface area contributed by atoms with Crippen molar-refractivity contribution in [2.75, 3.05) is 13.7 Å². The summed E-state index contributed by atoms with van der Waals surface area (Å²) in [4.78, 5) is 4.33. The second-order valence-corrected chi connectivity index (χ2v) is 7.13. The van der Waals surface area contributed by atoms with E-state index in [1.165, 1.54) is 12.0 Å². The third kappa shape index (κ3) is 4.41. The fourth-order valence-electron chi connectivity index (χ4n) is 3.31. The lowest BCUT2D eigenvalue weighted by Crippen LogP contribution is -2.47. The molecule has 0 radical (unpaired) electrons. The molecule has 0 amide bonds. The van der Waals surface area contributed by atoms with E-state index < -0.39 is 0 Å². The Morgan fingerprint density at radius 2 is 2.08 bits per heavy atom. The van der Waals surface area contributed by atoms with E-state index >= 15 is 0 Å². The van der Waals surface area contributed by atoms with Crippen LogP contribution in [0.25, 0.3) is 0 Å². The molecule has 3 rings (SSSR count). The molecule has 0 spiro atoms. The van der Waals surface area contributed by atoms with Crippen LogP contribution in [0.3, 0.4) is 0 Å². The summed E-state index contributed by atoms with van der Waals surface area (Å²) in [5, 5.41) is 6.88. The molecule has 5 nitrogen and oxygen atoms in total. The topological polar surface area (TPSA) is 54.9 Å². The molecule has 2 heterocycles.